The van der Waals surface area contributed by atoms with E-state index in [4.69, 9.17) is 0 Å². The van der Waals surface area contributed by atoms with E-state index in [9.17, 15) is 25.2 Å². The summed E-state index contributed by atoms with van der Waals surface area (Å²) >= 11 is 0. The maximum atomic E-state index is 12.7. The molecule has 0 spiro atoms. The molecule has 5 heteroatoms. The molecule has 5 nitrogen and oxygen atoms in total. The van der Waals surface area contributed by atoms with E-state index in [2.05, 4.69) is 6.58 Å². The van der Waals surface area contributed by atoms with Crippen molar-refractivity contribution in [3.63, 3.8) is 0 Å². The van der Waals surface area contributed by atoms with Crippen LogP contribution in [0.3, 0.4) is 0 Å². The van der Waals surface area contributed by atoms with Gasteiger partial charge in [-0.05, 0) is 87.4 Å². The van der Waals surface area contributed by atoms with Crippen LogP contribution in [0, 0.1) is 0 Å². The Morgan fingerprint density at radius 1 is 1.00 bits per heavy atom. The first-order valence-electron chi connectivity index (χ1n) is 10.7. The first-order chi connectivity index (χ1) is 15.1. The lowest BCUT2D eigenvalue weighted by Gasteiger charge is -2.12. The molecule has 0 saturated heterocycles. The maximum Gasteiger partial charge on any atom is 0.189 e. The molecule has 2 rings (SSSR count). The number of carbonyl (C=O) groups is 1. The van der Waals surface area contributed by atoms with E-state index in [-0.39, 0.29) is 22.8 Å². The molecule has 0 aliphatic rings. The topological polar surface area (TPSA) is 98.0 Å². The predicted octanol–water partition coefficient (Wildman–Crippen LogP) is 5.47. The van der Waals surface area contributed by atoms with Gasteiger partial charge in [-0.3, -0.25) is 4.79 Å². The number of aliphatic hydroxyl groups excluding tert-OH is 1. The van der Waals surface area contributed by atoms with E-state index in [1.54, 1.807) is 25.1 Å². The van der Waals surface area contributed by atoms with Gasteiger partial charge in [0.15, 0.2) is 5.78 Å². The average Bonchev–Trinajstić information content (AvgIpc) is 2.76. The van der Waals surface area contributed by atoms with E-state index < -0.39 is 11.9 Å². The van der Waals surface area contributed by atoms with Crippen LogP contribution in [-0.2, 0) is 12.8 Å². The number of hydrogen-bond acceptors (Lipinski definition) is 5. The fraction of sp³-hybridized carbons (Fsp3) is 0.296. The quantitative estimate of drug-likeness (QED) is 0.225. The molecule has 1 atom stereocenters. The Balaban J connectivity index is 2.19. The molecule has 170 valence electrons. The summed E-state index contributed by atoms with van der Waals surface area (Å²) in [7, 11) is 0. The highest BCUT2D eigenvalue weighted by Gasteiger charge is 2.15. The highest BCUT2D eigenvalue weighted by Crippen LogP contribution is 2.30. The van der Waals surface area contributed by atoms with Crippen molar-refractivity contribution in [1.82, 2.24) is 0 Å². The molecule has 32 heavy (non-hydrogen) atoms. The molecule has 0 heterocycles. The molecule has 0 radical (unpaired) electrons. The highest BCUT2D eigenvalue weighted by atomic mass is 16.3. The second-order valence-corrected chi connectivity index (χ2v) is 8.12. The fourth-order valence-electron chi connectivity index (χ4n) is 3.21. The molecule has 0 bridgehead atoms. The van der Waals surface area contributed by atoms with Crippen molar-refractivity contribution in [1.29, 1.82) is 0 Å². The van der Waals surface area contributed by atoms with Crippen LogP contribution >= 0.6 is 0 Å². The van der Waals surface area contributed by atoms with Gasteiger partial charge >= 0.3 is 0 Å². The number of aromatic hydroxyl groups is 3. The molecule has 2 aromatic rings. The summed E-state index contributed by atoms with van der Waals surface area (Å²) in [5.41, 5.74) is 3.94. The van der Waals surface area contributed by atoms with Crippen LogP contribution in [0.5, 0.6) is 17.2 Å². The smallest absolute Gasteiger partial charge is 0.189 e. The van der Waals surface area contributed by atoms with Gasteiger partial charge in [0.1, 0.15) is 17.2 Å². The maximum absolute atomic E-state index is 12.7. The molecule has 0 aromatic heterocycles. The summed E-state index contributed by atoms with van der Waals surface area (Å²) in [5, 5.41) is 40.3. The number of rotatable bonds is 10. The van der Waals surface area contributed by atoms with E-state index in [0.717, 1.165) is 23.6 Å². The van der Waals surface area contributed by atoms with Crippen LogP contribution in [0.1, 0.15) is 60.7 Å². The number of carbonyl (C=O) groups excluding carboxylic acids is 1. The zero-order valence-electron chi connectivity index (χ0n) is 18.9. The fourth-order valence-corrected chi connectivity index (χ4v) is 3.21. The Morgan fingerprint density at radius 3 is 2.34 bits per heavy atom. The minimum Gasteiger partial charge on any atom is -0.508 e. The Hall–Kier alpha value is -3.31. The monoisotopic (exact) mass is 436 g/mol. The number of benzene rings is 2. The van der Waals surface area contributed by atoms with Gasteiger partial charge in [-0.1, -0.05) is 35.9 Å². The Morgan fingerprint density at radius 2 is 1.69 bits per heavy atom. The first kappa shape index (κ1) is 25.0. The summed E-state index contributed by atoms with van der Waals surface area (Å²) in [4.78, 5) is 12.7. The summed E-state index contributed by atoms with van der Waals surface area (Å²) in [6.07, 6.45) is 6.52. The van der Waals surface area contributed by atoms with Gasteiger partial charge in [0.25, 0.3) is 0 Å². The Kier molecular flexibility index (Phi) is 8.85. The van der Waals surface area contributed by atoms with E-state index in [1.807, 2.05) is 26.0 Å². The van der Waals surface area contributed by atoms with E-state index in [1.165, 1.54) is 17.7 Å². The standard InChI is InChI=1S/C27H32O5/c1-5-18(4)6-9-20-14-19(7-11-24(20)29)8-12-25(30)22-15-21(26(31)16-27(22)32)10-13-23(28)17(2)3/h5,7-8,11-12,14-16,23,28-29,31-32H,2,6,9-10,13H2,1,3-4H3/b12-8+,18-5+/t23-/m0/s1. The molecule has 2 aromatic carbocycles. The van der Waals surface area contributed by atoms with Crippen molar-refractivity contribution in [3.8, 4) is 17.2 Å². The molecular formula is C27H32O5. The van der Waals surface area contributed by atoms with Crippen LogP contribution in [0.4, 0.5) is 0 Å². The summed E-state index contributed by atoms with van der Waals surface area (Å²) < 4.78 is 0. The summed E-state index contributed by atoms with van der Waals surface area (Å²) in [6.45, 7) is 9.44. The van der Waals surface area contributed by atoms with Crippen LogP contribution in [-0.4, -0.2) is 32.3 Å². The lowest BCUT2D eigenvalue weighted by Crippen LogP contribution is -2.09. The third kappa shape index (κ3) is 6.86. The normalized spacial score (nSPS) is 12.8. The van der Waals surface area contributed by atoms with E-state index >= 15 is 0 Å². The van der Waals surface area contributed by atoms with Crippen molar-refractivity contribution in [2.45, 2.75) is 52.6 Å². The number of aryl methyl sites for hydroxylation is 2. The van der Waals surface area contributed by atoms with Crippen LogP contribution in [0.2, 0.25) is 0 Å². The van der Waals surface area contributed by atoms with Crippen LogP contribution in [0.25, 0.3) is 6.08 Å². The predicted molar refractivity (Wildman–Crippen MR) is 128 cm³/mol. The second kappa shape index (κ2) is 11.3. The molecule has 0 amide bonds. The van der Waals surface area contributed by atoms with Crippen molar-refractivity contribution < 1.29 is 25.2 Å². The van der Waals surface area contributed by atoms with Gasteiger partial charge in [-0.25, -0.2) is 0 Å². The van der Waals surface area contributed by atoms with Gasteiger partial charge in [-0.2, -0.15) is 0 Å². The van der Waals surface area contributed by atoms with Crippen molar-refractivity contribution in [2.24, 2.45) is 0 Å². The SMILES string of the molecule is C=C(C)[C@@H](O)CCc1cc(C(=O)/C=C/c2ccc(O)c(CC/C(C)=C/C)c2)c(O)cc1O. The molecule has 0 saturated carbocycles. The lowest BCUT2D eigenvalue weighted by atomic mass is 9.98. The number of hydrogen-bond donors (Lipinski definition) is 4. The Labute approximate surface area is 189 Å². The van der Waals surface area contributed by atoms with Crippen LogP contribution in [0.15, 0.2) is 60.2 Å². The second-order valence-electron chi connectivity index (χ2n) is 8.12. The first-order valence-corrected chi connectivity index (χ1v) is 10.7. The number of ketones is 1. The number of phenols is 3. The number of allylic oxidation sites excluding steroid dienone is 3. The molecule has 0 unspecified atom stereocenters. The third-order valence-electron chi connectivity index (χ3n) is 5.53. The number of phenolic OH excluding ortho intramolecular Hbond substituents is 3. The van der Waals surface area contributed by atoms with Gasteiger partial charge in [-0.15, -0.1) is 0 Å². The number of aliphatic hydroxyl groups is 1. The van der Waals surface area contributed by atoms with Crippen molar-refractivity contribution >= 4 is 11.9 Å². The van der Waals surface area contributed by atoms with Gasteiger partial charge < -0.3 is 20.4 Å². The van der Waals surface area contributed by atoms with Crippen molar-refractivity contribution in [2.75, 3.05) is 0 Å². The molecule has 4 N–H and O–H groups in total. The lowest BCUT2D eigenvalue weighted by molar-refractivity contribution is 0.104. The zero-order chi connectivity index (χ0) is 23.8. The molecule has 0 aliphatic heterocycles. The zero-order valence-corrected chi connectivity index (χ0v) is 18.9. The molecule has 0 fully saturated rings. The van der Waals surface area contributed by atoms with Gasteiger partial charge in [0.05, 0.1) is 11.7 Å². The summed E-state index contributed by atoms with van der Waals surface area (Å²) in [6, 6.07) is 7.75. The van der Waals surface area contributed by atoms with Gasteiger partial charge in [0, 0.05) is 6.07 Å². The molecule has 0 aliphatic carbocycles. The van der Waals surface area contributed by atoms with Crippen LogP contribution < -0.4 is 0 Å². The minimum atomic E-state index is -0.706. The van der Waals surface area contributed by atoms with Gasteiger partial charge in [0.2, 0.25) is 0 Å². The minimum absolute atomic E-state index is 0.0709. The third-order valence-corrected chi connectivity index (χ3v) is 5.53. The largest absolute Gasteiger partial charge is 0.508 e. The average molecular weight is 437 g/mol. The highest BCUT2D eigenvalue weighted by molar-refractivity contribution is 6.08. The van der Waals surface area contributed by atoms with E-state index in [0.29, 0.717) is 30.4 Å². The summed E-state index contributed by atoms with van der Waals surface area (Å²) in [5.74, 6) is -0.634. The molecular weight excluding hydrogens is 404 g/mol. The Bertz CT molecular complexity index is 1050. The van der Waals surface area contributed by atoms with Crippen molar-refractivity contribution in [3.05, 3.63) is 82.5 Å².